The molecule has 0 saturated carbocycles. The Morgan fingerprint density at radius 3 is 1.53 bits per heavy atom. The lowest BCUT2D eigenvalue weighted by Gasteiger charge is -2.46. The molecule has 4 heteroatoms. The molecule has 0 unspecified atom stereocenters. The van der Waals surface area contributed by atoms with Crippen LogP contribution in [0.1, 0.15) is 11.1 Å². The van der Waals surface area contributed by atoms with Gasteiger partial charge in [0.2, 0.25) is 0 Å². The van der Waals surface area contributed by atoms with Crippen molar-refractivity contribution in [2.24, 2.45) is 0 Å². The normalized spacial score (nSPS) is 13.3. The molecule has 0 amide bonds. The number of benzene rings is 10. The van der Waals surface area contributed by atoms with Gasteiger partial charge < -0.3 is 14.7 Å². The highest BCUT2D eigenvalue weighted by molar-refractivity contribution is 7.00. The van der Waals surface area contributed by atoms with Gasteiger partial charge in [0.15, 0.2) is 0 Å². The van der Waals surface area contributed by atoms with Crippen LogP contribution in [-0.4, -0.2) is 6.71 Å². The lowest BCUT2D eigenvalue weighted by atomic mass is 9.32. The molecule has 2 bridgehead atoms. The Labute approximate surface area is 343 Å². The number of nitrogens with zero attached hydrogens (tertiary/aromatic N) is 3. The summed E-state index contributed by atoms with van der Waals surface area (Å²) in [7, 11) is 0. The van der Waals surface area contributed by atoms with Gasteiger partial charge >= 0.3 is 0 Å². The van der Waals surface area contributed by atoms with Crippen LogP contribution in [-0.2, 0) is 6.42 Å². The Bertz CT molecular complexity index is 3250. The van der Waals surface area contributed by atoms with Crippen LogP contribution in [0.2, 0.25) is 0 Å². The Kier molecular flexibility index (Phi) is 6.87. The average molecular weight is 750 g/mol. The molecule has 2 heterocycles. The third kappa shape index (κ3) is 4.72. The number of fused-ring (bicyclic) bond motifs is 8. The van der Waals surface area contributed by atoms with E-state index in [0.29, 0.717) is 0 Å². The molecule has 2 aliphatic heterocycles. The summed E-state index contributed by atoms with van der Waals surface area (Å²) in [5, 5.41) is 7.66. The quantitative estimate of drug-likeness (QED) is 0.128. The van der Waals surface area contributed by atoms with Gasteiger partial charge in [-0.15, -0.1) is 0 Å². The van der Waals surface area contributed by atoms with Gasteiger partial charge in [-0.3, -0.25) is 0 Å². The lowest BCUT2D eigenvalue weighted by Crippen LogP contribution is -2.62. The van der Waals surface area contributed by atoms with E-state index in [1.165, 1.54) is 88.3 Å². The van der Waals surface area contributed by atoms with E-state index in [1.54, 1.807) is 0 Å². The molecule has 0 aromatic heterocycles. The van der Waals surface area contributed by atoms with Gasteiger partial charge in [0.1, 0.15) is 0 Å². The Morgan fingerprint density at radius 1 is 0.356 bits per heavy atom. The van der Waals surface area contributed by atoms with Crippen molar-refractivity contribution in [3.05, 3.63) is 217 Å². The van der Waals surface area contributed by atoms with Gasteiger partial charge in [0.25, 0.3) is 6.71 Å². The molecule has 0 fully saturated rings. The largest absolute Gasteiger partial charge is 0.311 e. The van der Waals surface area contributed by atoms with E-state index in [2.05, 4.69) is 221 Å². The van der Waals surface area contributed by atoms with E-state index in [-0.39, 0.29) is 6.71 Å². The Morgan fingerprint density at radius 2 is 0.898 bits per heavy atom. The monoisotopic (exact) mass is 749 g/mol. The van der Waals surface area contributed by atoms with Crippen molar-refractivity contribution in [1.29, 1.82) is 0 Å². The first-order valence-electron chi connectivity index (χ1n) is 20.6. The fourth-order valence-corrected chi connectivity index (χ4v) is 10.4. The first-order valence-corrected chi connectivity index (χ1v) is 20.6. The van der Waals surface area contributed by atoms with Crippen molar-refractivity contribution in [3.63, 3.8) is 0 Å². The minimum atomic E-state index is 0.0768. The zero-order valence-corrected chi connectivity index (χ0v) is 32.3. The van der Waals surface area contributed by atoms with Crippen LogP contribution in [0.15, 0.2) is 206 Å². The maximum atomic E-state index is 2.56. The van der Waals surface area contributed by atoms with Crippen molar-refractivity contribution in [2.45, 2.75) is 6.42 Å². The minimum absolute atomic E-state index is 0.0768. The molecule has 274 valence electrons. The first-order chi connectivity index (χ1) is 29.3. The first kappa shape index (κ1) is 32.5. The van der Waals surface area contributed by atoms with E-state index < -0.39 is 0 Å². The minimum Gasteiger partial charge on any atom is -0.311 e. The highest BCUT2D eigenvalue weighted by Gasteiger charge is 2.45. The highest BCUT2D eigenvalue weighted by atomic mass is 15.2. The number of para-hydroxylation sites is 3. The SMILES string of the molecule is c1ccc(N(c2ccccc2)c2ccc3c(c2)N(c2ccc4c5ccccc5c5ccccc5c4c2)c2cccc4c2B3c2c3cc(cc2N4c2ccccc2)C3)cc1. The van der Waals surface area contributed by atoms with Crippen LogP contribution in [0.25, 0.3) is 32.3 Å². The molecule has 0 spiro atoms. The second-order valence-corrected chi connectivity index (χ2v) is 16.1. The Hall–Kier alpha value is -7.56. The van der Waals surface area contributed by atoms with E-state index in [4.69, 9.17) is 0 Å². The van der Waals surface area contributed by atoms with Crippen molar-refractivity contribution < 1.29 is 0 Å². The molecule has 4 aliphatic rings. The molecule has 0 saturated heterocycles. The summed E-state index contributed by atoms with van der Waals surface area (Å²) in [6.45, 7) is 0.0768. The van der Waals surface area contributed by atoms with Crippen LogP contribution in [0, 0.1) is 0 Å². The third-order valence-corrected chi connectivity index (χ3v) is 12.9. The van der Waals surface area contributed by atoms with Gasteiger partial charge in [-0.1, -0.05) is 127 Å². The molecule has 10 aromatic carbocycles. The molecule has 0 atom stereocenters. The molecule has 0 N–H and O–H groups in total. The van der Waals surface area contributed by atoms with Crippen LogP contribution in [0.4, 0.5) is 51.2 Å². The molecule has 14 rings (SSSR count). The van der Waals surface area contributed by atoms with E-state index >= 15 is 0 Å². The summed E-state index contributed by atoms with van der Waals surface area (Å²) in [6.07, 6.45) is 1.02. The van der Waals surface area contributed by atoms with Crippen LogP contribution in [0.3, 0.4) is 0 Å². The molecular weight excluding hydrogens is 713 g/mol. The average Bonchev–Trinajstić information content (AvgIpc) is 3.29. The fraction of sp³-hybridized carbons (Fsp3) is 0.0182. The zero-order valence-electron chi connectivity index (χ0n) is 32.3. The van der Waals surface area contributed by atoms with Gasteiger partial charge in [-0.25, -0.2) is 0 Å². The van der Waals surface area contributed by atoms with Gasteiger partial charge in [-0.2, -0.15) is 0 Å². The predicted molar refractivity (Wildman–Crippen MR) is 250 cm³/mol. The van der Waals surface area contributed by atoms with E-state index in [1.807, 2.05) is 0 Å². The third-order valence-electron chi connectivity index (χ3n) is 12.9. The fourth-order valence-electron chi connectivity index (χ4n) is 10.4. The van der Waals surface area contributed by atoms with Gasteiger partial charge in [0, 0.05) is 51.2 Å². The molecule has 2 aliphatic carbocycles. The molecular formula is C55H36BN3. The molecule has 10 aromatic rings. The summed E-state index contributed by atoms with van der Waals surface area (Å²) in [4.78, 5) is 7.46. The summed E-state index contributed by atoms with van der Waals surface area (Å²) < 4.78 is 0. The van der Waals surface area contributed by atoms with Crippen LogP contribution in [0.5, 0.6) is 0 Å². The highest BCUT2D eigenvalue weighted by Crippen LogP contribution is 2.48. The second kappa shape index (κ2) is 12.5. The maximum absolute atomic E-state index is 2.56. The number of hydrogen-bond donors (Lipinski definition) is 0. The topological polar surface area (TPSA) is 9.72 Å². The second-order valence-electron chi connectivity index (χ2n) is 16.1. The zero-order chi connectivity index (χ0) is 38.6. The lowest BCUT2D eigenvalue weighted by molar-refractivity contribution is 1.09. The summed E-state index contributed by atoms with van der Waals surface area (Å²) in [5.74, 6) is 0. The maximum Gasteiger partial charge on any atom is 0.252 e. The summed E-state index contributed by atoms with van der Waals surface area (Å²) in [6, 6.07) is 76.3. The van der Waals surface area contributed by atoms with Crippen molar-refractivity contribution in [1.82, 2.24) is 0 Å². The van der Waals surface area contributed by atoms with Crippen molar-refractivity contribution in [3.8, 4) is 0 Å². The van der Waals surface area contributed by atoms with Gasteiger partial charge in [-0.05, 0) is 145 Å². The molecule has 0 radical (unpaired) electrons. The number of rotatable bonds is 5. The molecule has 59 heavy (non-hydrogen) atoms. The predicted octanol–water partition coefficient (Wildman–Crippen LogP) is 12.6. The summed E-state index contributed by atoms with van der Waals surface area (Å²) >= 11 is 0. The number of anilines is 9. The summed E-state index contributed by atoms with van der Waals surface area (Å²) in [5.41, 5.74) is 17.6. The Balaban J connectivity index is 1.11. The smallest absolute Gasteiger partial charge is 0.252 e. The molecule has 3 nitrogen and oxygen atoms in total. The van der Waals surface area contributed by atoms with E-state index in [9.17, 15) is 0 Å². The standard InChI is InChI=1S/C55H36BN3/c1-4-15-38(16-5-1)57(39-17-6-2-7-18-39)42-28-30-49-52(35-42)59(41-27-29-47-45-23-11-10-21-43(45)44-22-12-13-24-46(44)48(47)34-41)51-26-14-25-50-55(51)56(49)54-37-31-36(32-37)33-53(54)58(50)40-19-8-3-9-20-40/h1-31,33-35H,32H2. The van der Waals surface area contributed by atoms with Crippen molar-refractivity contribution >= 4 is 107 Å². The number of hydrogen-bond acceptors (Lipinski definition) is 3. The van der Waals surface area contributed by atoms with E-state index in [0.717, 1.165) is 29.2 Å². The van der Waals surface area contributed by atoms with Crippen LogP contribution >= 0.6 is 0 Å². The van der Waals surface area contributed by atoms with Crippen LogP contribution < -0.4 is 31.1 Å². The van der Waals surface area contributed by atoms with Crippen molar-refractivity contribution in [2.75, 3.05) is 14.7 Å². The van der Waals surface area contributed by atoms with Gasteiger partial charge in [0.05, 0.1) is 0 Å².